The zero-order valence-electron chi connectivity index (χ0n) is 8.98. The average Bonchev–Trinajstić information content (AvgIpc) is 2.26. The number of nitrogens with zero attached hydrogens (tertiary/aromatic N) is 1. The molecule has 15 heavy (non-hydrogen) atoms. The number of anilines is 1. The van der Waals surface area contributed by atoms with Crippen LogP contribution in [-0.4, -0.2) is 32.5 Å². The van der Waals surface area contributed by atoms with E-state index in [9.17, 15) is 4.79 Å². The van der Waals surface area contributed by atoms with Gasteiger partial charge in [-0.2, -0.15) is 0 Å². The third-order valence-corrected chi connectivity index (χ3v) is 2.47. The van der Waals surface area contributed by atoms with E-state index in [4.69, 9.17) is 17.0 Å². The second kappa shape index (κ2) is 4.89. The lowest BCUT2D eigenvalue weighted by Crippen LogP contribution is -2.14. The molecule has 0 aromatic heterocycles. The predicted octanol–water partition coefficient (Wildman–Crippen LogP) is 1.89. The lowest BCUT2D eigenvalue weighted by Gasteiger charge is -2.17. The highest BCUT2D eigenvalue weighted by molar-refractivity contribution is 7.80. The molecule has 0 amide bonds. The van der Waals surface area contributed by atoms with Gasteiger partial charge < -0.3 is 9.64 Å². The molecule has 0 fully saturated rings. The lowest BCUT2D eigenvalue weighted by atomic mass is 10.1. The minimum atomic E-state index is 0.334. The van der Waals surface area contributed by atoms with Crippen molar-refractivity contribution in [3.8, 4) is 0 Å². The van der Waals surface area contributed by atoms with Crippen molar-refractivity contribution in [1.82, 2.24) is 0 Å². The first-order chi connectivity index (χ1) is 7.11. The van der Waals surface area contributed by atoms with Crippen LogP contribution in [0, 0.1) is 0 Å². The van der Waals surface area contributed by atoms with E-state index < -0.39 is 0 Å². The van der Waals surface area contributed by atoms with Gasteiger partial charge in [0.25, 0.3) is 0 Å². The molecule has 1 aromatic rings. The molecule has 0 aliphatic heterocycles. The van der Waals surface area contributed by atoms with Crippen molar-refractivity contribution < 1.29 is 9.53 Å². The molecule has 0 atom stereocenters. The van der Waals surface area contributed by atoms with Crippen molar-refractivity contribution in [2.75, 3.05) is 26.1 Å². The number of hydrogen-bond acceptors (Lipinski definition) is 4. The Hall–Kier alpha value is -1.42. The van der Waals surface area contributed by atoms with E-state index in [2.05, 4.69) is 0 Å². The summed E-state index contributed by atoms with van der Waals surface area (Å²) >= 11 is 5.02. The van der Waals surface area contributed by atoms with Gasteiger partial charge in [0.05, 0.1) is 7.11 Å². The molecular weight excluding hydrogens is 210 g/mol. The van der Waals surface area contributed by atoms with Crippen molar-refractivity contribution >= 4 is 29.2 Å². The van der Waals surface area contributed by atoms with Crippen LogP contribution in [-0.2, 0) is 4.74 Å². The predicted molar refractivity (Wildman–Crippen MR) is 64.9 cm³/mol. The summed E-state index contributed by atoms with van der Waals surface area (Å²) in [5, 5.41) is 0.334. The van der Waals surface area contributed by atoms with Gasteiger partial charge in [0.1, 0.15) is 0 Å². The van der Waals surface area contributed by atoms with Crippen molar-refractivity contribution in [1.29, 1.82) is 0 Å². The van der Waals surface area contributed by atoms with Crippen LogP contribution in [0.15, 0.2) is 18.2 Å². The molecule has 4 heteroatoms. The Morgan fingerprint density at radius 3 is 2.60 bits per heavy atom. The molecule has 0 N–H and O–H groups in total. The normalized spacial score (nSPS) is 9.53. The summed E-state index contributed by atoms with van der Waals surface area (Å²) in [7, 11) is 5.25. The second-order valence-electron chi connectivity index (χ2n) is 3.24. The van der Waals surface area contributed by atoms with Gasteiger partial charge in [-0.15, -0.1) is 0 Å². The van der Waals surface area contributed by atoms with Crippen molar-refractivity contribution in [3.05, 3.63) is 29.3 Å². The van der Waals surface area contributed by atoms with Gasteiger partial charge in [-0.05, 0) is 24.4 Å². The molecule has 0 unspecified atom stereocenters. The first-order valence-electron chi connectivity index (χ1n) is 4.45. The van der Waals surface area contributed by atoms with Crippen LogP contribution >= 0.6 is 12.2 Å². The zero-order valence-corrected chi connectivity index (χ0v) is 9.80. The number of aldehydes is 1. The highest BCUT2D eigenvalue weighted by Crippen LogP contribution is 2.21. The number of methoxy groups -OCH3 is 1. The summed E-state index contributed by atoms with van der Waals surface area (Å²) in [4.78, 5) is 12.9. The van der Waals surface area contributed by atoms with E-state index in [1.807, 2.05) is 31.1 Å². The first-order valence-corrected chi connectivity index (χ1v) is 4.86. The van der Waals surface area contributed by atoms with E-state index in [0.717, 1.165) is 12.0 Å². The molecule has 0 heterocycles. The van der Waals surface area contributed by atoms with Crippen LogP contribution in [0.4, 0.5) is 5.69 Å². The summed E-state index contributed by atoms with van der Waals surface area (Å²) in [6, 6.07) is 5.50. The first kappa shape index (κ1) is 11.7. The van der Waals surface area contributed by atoms with Crippen LogP contribution in [0.5, 0.6) is 0 Å². The highest BCUT2D eigenvalue weighted by atomic mass is 32.1. The third-order valence-electron chi connectivity index (χ3n) is 2.09. The topological polar surface area (TPSA) is 29.5 Å². The lowest BCUT2D eigenvalue weighted by molar-refractivity contribution is 0.112. The van der Waals surface area contributed by atoms with E-state index >= 15 is 0 Å². The van der Waals surface area contributed by atoms with Gasteiger partial charge in [0.15, 0.2) is 11.3 Å². The molecule has 0 spiro atoms. The van der Waals surface area contributed by atoms with Crippen LogP contribution in [0.25, 0.3) is 0 Å². The Balaban J connectivity index is 3.34. The quantitative estimate of drug-likeness (QED) is 0.578. The fraction of sp³-hybridized carbons (Fsp3) is 0.273. The Morgan fingerprint density at radius 1 is 1.47 bits per heavy atom. The molecule has 0 saturated heterocycles. The largest absolute Gasteiger partial charge is 0.486 e. The number of carbonyl (C=O) groups is 1. The molecule has 1 aromatic carbocycles. The van der Waals surface area contributed by atoms with Crippen molar-refractivity contribution in [2.24, 2.45) is 0 Å². The van der Waals surface area contributed by atoms with Crippen LogP contribution in [0.2, 0.25) is 0 Å². The summed E-state index contributed by atoms with van der Waals surface area (Å²) in [6.07, 6.45) is 0.802. The molecule has 0 saturated carbocycles. The van der Waals surface area contributed by atoms with Gasteiger partial charge >= 0.3 is 0 Å². The molecule has 0 bridgehead atoms. The average molecular weight is 223 g/mol. The molecule has 0 aliphatic rings. The monoisotopic (exact) mass is 223 g/mol. The number of ether oxygens (including phenoxy) is 1. The minimum absolute atomic E-state index is 0.334. The molecular formula is C11H13NO2S. The summed E-state index contributed by atoms with van der Waals surface area (Å²) in [5.41, 5.74) is 2.06. The number of hydrogen-bond donors (Lipinski definition) is 0. The van der Waals surface area contributed by atoms with Crippen molar-refractivity contribution in [2.45, 2.75) is 0 Å². The van der Waals surface area contributed by atoms with E-state index in [0.29, 0.717) is 16.2 Å². The van der Waals surface area contributed by atoms with Crippen LogP contribution < -0.4 is 4.90 Å². The summed E-state index contributed by atoms with van der Waals surface area (Å²) in [6.45, 7) is 0. The molecule has 80 valence electrons. The maximum Gasteiger partial charge on any atom is 0.191 e. The number of carbonyl (C=O) groups excluding carboxylic acids is 1. The van der Waals surface area contributed by atoms with Crippen LogP contribution in [0.1, 0.15) is 15.9 Å². The number of benzene rings is 1. The SMILES string of the molecule is COC(=S)c1cccc(N(C)C)c1C=O. The molecule has 3 nitrogen and oxygen atoms in total. The number of thiocarbonyl (C=S) groups is 1. The Morgan fingerprint density at radius 2 is 2.13 bits per heavy atom. The third kappa shape index (κ3) is 2.33. The maximum atomic E-state index is 11.0. The smallest absolute Gasteiger partial charge is 0.191 e. The second-order valence-corrected chi connectivity index (χ2v) is 3.61. The molecule has 0 radical (unpaired) electrons. The Kier molecular flexibility index (Phi) is 3.80. The van der Waals surface area contributed by atoms with Gasteiger partial charge in [-0.1, -0.05) is 6.07 Å². The van der Waals surface area contributed by atoms with Crippen LogP contribution in [0.3, 0.4) is 0 Å². The van der Waals surface area contributed by atoms with Gasteiger partial charge in [-0.25, -0.2) is 0 Å². The van der Waals surface area contributed by atoms with Crippen molar-refractivity contribution in [3.63, 3.8) is 0 Å². The Bertz CT molecular complexity index is 388. The molecule has 1 rings (SSSR count). The fourth-order valence-corrected chi connectivity index (χ4v) is 1.53. The number of rotatable bonds is 3. The van der Waals surface area contributed by atoms with E-state index in [1.54, 1.807) is 6.07 Å². The van der Waals surface area contributed by atoms with E-state index in [-0.39, 0.29) is 0 Å². The van der Waals surface area contributed by atoms with Gasteiger partial charge in [-0.3, -0.25) is 4.79 Å². The minimum Gasteiger partial charge on any atom is -0.486 e. The van der Waals surface area contributed by atoms with Gasteiger partial charge in [0.2, 0.25) is 0 Å². The molecule has 0 aliphatic carbocycles. The highest BCUT2D eigenvalue weighted by Gasteiger charge is 2.12. The fourth-order valence-electron chi connectivity index (χ4n) is 1.35. The Labute approximate surface area is 94.6 Å². The zero-order chi connectivity index (χ0) is 11.4. The summed E-state index contributed by atoms with van der Waals surface area (Å²) < 4.78 is 4.97. The summed E-state index contributed by atoms with van der Waals surface area (Å²) in [5.74, 6) is 0. The van der Waals surface area contributed by atoms with Gasteiger partial charge in [0, 0.05) is 30.9 Å². The maximum absolute atomic E-state index is 11.0. The van der Waals surface area contributed by atoms with E-state index in [1.165, 1.54) is 7.11 Å². The standard InChI is InChI=1S/C11H13NO2S/c1-12(2)10-6-4-5-8(9(10)7-13)11(15)14-3/h4-7H,1-3H3.